The number of rotatable bonds is 1. The molecule has 2 rings (SSSR count). The molecule has 4 nitrogen and oxygen atoms in total. The maximum absolute atomic E-state index is 11.3. The van der Waals surface area contributed by atoms with Crippen LogP contribution in [-0.2, 0) is 4.79 Å². The highest BCUT2D eigenvalue weighted by molar-refractivity contribution is 5.80. The molecule has 2 heterocycles. The zero-order valence-electron chi connectivity index (χ0n) is 8.34. The predicted octanol–water partition coefficient (Wildman–Crippen LogP) is 0.157. The first-order valence-electron chi connectivity index (χ1n) is 5.12. The van der Waals surface area contributed by atoms with Crippen molar-refractivity contribution >= 4 is 5.91 Å². The molecule has 1 spiro atoms. The highest BCUT2D eigenvalue weighted by Gasteiger charge is 2.51. The van der Waals surface area contributed by atoms with Crippen LogP contribution in [0.25, 0.3) is 0 Å². The van der Waals surface area contributed by atoms with E-state index in [0.717, 1.165) is 19.4 Å². The van der Waals surface area contributed by atoms with E-state index in [4.69, 9.17) is 5.26 Å². The first kappa shape index (κ1) is 9.47. The van der Waals surface area contributed by atoms with E-state index in [-0.39, 0.29) is 17.4 Å². The van der Waals surface area contributed by atoms with Crippen LogP contribution in [0.4, 0.5) is 0 Å². The normalized spacial score (nSPS) is 41.3. The Hall–Kier alpha value is -1.08. The van der Waals surface area contributed by atoms with Crippen LogP contribution in [0.1, 0.15) is 26.2 Å². The Morgan fingerprint density at radius 2 is 2.50 bits per heavy atom. The second kappa shape index (κ2) is 3.25. The molecule has 4 heteroatoms. The maximum atomic E-state index is 11.3. The van der Waals surface area contributed by atoms with Gasteiger partial charge in [-0.1, -0.05) is 6.92 Å². The van der Waals surface area contributed by atoms with Gasteiger partial charge in [-0.3, -0.25) is 4.79 Å². The largest absolute Gasteiger partial charge is 0.340 e. The highest BCUT2D eigenvalue weighted by atomic mass is 16.2. The number of nitrogens with one attached hydrogen (secondary N) is 2. The summed E-state index contributed by atoms with van der Waals surface area (Å²) in [6.45, 7) is 2.92. The molecule has 0 radical (unpaired) electrons. The van der Waals surface area contributed by atoms with Gasteiger partial charge in [0.1, 0.15) is 6.04 Å². The molecule has 2 fully saturated rings. The number of carbonyl (C=O) groups is 1. The van der Waals surface area contributed by atoms with Gasteiger partial charge in [0.25, 0.3) is 0 Å². The molecule has 0 saturated carbocycles. The predicted molar refractivity (Wildman–Crippen MR) is 51.3 cm³/mol. The van der Waals surface area contributed by atoms with Gasteiger partial charge in [0.05, 0.1) is 6.07 Å². The number of amides is 1. The van der Waals surface area contributed by atoms with Crippen LogP contribution in [-0.4, -0.2) is 24.5 Å². The van der Waals surface area contributed by atoms with Crippen LogP contribution in [0.15, 0.2) is 0 Å². The topological polar surface area (TPSA) is 64.9 Å². The van der Waals surface area contributed by atoms with Crippen LogP contribution in [0.2, 0.25) is 0 Å². The van der Waals surface area contributed by atoms with E-state index in [9.17, 15) is 4.79 Å². The van der Waals surface area contributed by atoms with Crippen LogP contribution >= 0.6 is 0 Å². The van der Waals surface area contributed by atoms with Crippen molar-refractivity contribution in [2.45, 2.75) is 38.3 Å². The smallest absolute Gasteiger partial charge is 0.221 e. The lowest BCUT2D eigenvalue weighted by molar-refractivity contribution is -0.119. The van der Waals surface area contributed by atoms with E-state index in [0.29, 0.717) is 12.5 Å². The summed E-state index contributed by atoms with van der Waals surface area (Å²) in [5, 5.41) is 15.1. The van der Waals surface area contributed by atoms with E-state index in [1.807, 2.05) is 0 Å². The third-order valence-corrected chi connectivity index (χ3v) is 3.45. The standard InChI is InChI=1S/C10H15N3O/c1-2-7-3-10(6-12-7)4-9(14)13-8(10)5-11/h7-8,12H,2-4,6H2,1H3,(H,13,14). The van der Waals surface area contributed by atoms with Crippen molar-refractivity contribution in [1.29, 1.82) is 5.26 Å². The summed E-state index contributed by atoms with van der Waals surface area (Å²) in [6.07, 6.45) is 2.52. The van der Waals surface area contributed by atoms with Crippen LogP contribution < -0.4 is 10.6 Å². The average molecular weight is 193 g/mol. The molecule has 2 N–H and O–H groups in total. The SMILES string of the molecule is CCC1CC2(CN1)CC(=O)NC2C#N. The van der Waals surface area contributed by atoms with Crippen LogP contribution in [0.3, 0.4) is 0 Å². The first-order valence-corrected chi connectivity index (χ1v) is 5.12. The Morgan fingerprint density at radius 3 is 3.07 bits per heavy atom. The Morgan fingerprint density at radius 1 is 1.71 bits per heavy atom. The van der Waals surface area contributed by atoms with Gasteiger partial charge in [0.15, 0.2) is 0 Å². The highest BCUT2D eigenvalue weighted by Crippen LogP contribution is 2.40. The Bertz CT molecular complexity index is 296. The van der Waals surface area contributed by atoms with Crippen molar-refractivity contribution in [3.05, 3.63) is 0 Å². The molecule has 3 atom stereocenters. The monoisotopic (exact) mass is 193 g/mol. The summed E-state index contributed by atoms with van der Waals surface area (Å²) < 4.78 is 0. The molecule has 0 aromatic heterocycles. The van der Waals surface area contributed by atoms with Crippen molar-refractivity contribution in [3.63, 3.8) is 0 Å². The van der Waals surface area contributed by atoms with Crippen molar-refractivity contribution in [1.82, 2.24) is 10.6 Å². The molecule has 3 unspecified atom stereocenters. The second-order valence-electron chi connectivity index (χ2n) is 4.36. The summed E-state index contributed by atoms with van der Waals surface area (Å²) >= 11 is 0. The minimum atomic E-state index is -0.293. The molecule has 0 bridgehead atoms. The van der Waals surface area contributed by atoms with E-state index in [2.05, 4.69) is 23.6 Å². The van der Waals surface area contributed by atoms with Gasteiger partial charge < -0.3 is 10.6 Å². The zero-order valence-corrected chi connectivity index (χ0v) is 8.34. The summed E-state index contributed by atoms with van der Waals surface area (Å²) in [7, 11) is 0. The van der Waals surface area contributed by atoms with E-state index < -0.39 is 0 Å². The molecular weight excluding hydrogens is 178 g/mol. The van der Waals surface area contributed by atoms with Crippen molar-refractivity contribution in [2.75, 3.05) is 6.54 Å². The molecule has 1 amide bonds. The van der Waals surface area contributed by atoms with Crippen molar-refractivity contribution in [2.24, 2.45) is 5.41 Å². The molecule has 2 saturated heterocycles. The summed E-state index contributed by atoms with van der Waals surface area (Å²) in [5.41, 5.74) is -0.132. The average Bonchev–Trinajstić information content (AvgIpc) is 2.71. The third-order valence-electron chi connectivity index (χ3n) is 3.45. The molecule has 2 aliphatic heterocycles. The fraction of sp³-hybridized carbons (Fsp3) is 0.800. The molecule has 2 aliphatic rings. The molecule has 0 aromatic carbocycles. The maximum Gasteiger partial charge on any atom is 0.221 e. The Kier molecular flexibility index (Phi) is 2.20. The zero-order chi connectivity index (χ0) is 10.2. The number of nitriles is 1. The van der Waals surface area contributed by atoms with Crippen LogP contribution in [0, 0.1) is 16.7 Å². The van der Waals surface area contributed by atoms with Gasteiger partial charge in [-0.05, 0) is 12.8 Å². The summed E-state index contributed by atoms with van der Waals surface area (Å²) in [4.78, 5) is 11.3. The third kappa shape index (κ3) is 1.28. The number of hydrogen-bond donors (Lipinski definition) is 2. The summed E-state index contributed by atoms with van der Waals surface area (Å²) in [5.74, 6) is 0.0232. The van der Waals surface area contributed by atoms with Gasteiger partial charge in [-0.25, -0.2) is 0 Å². The summed E-state index contributed by atoms with van der Waals surface area (Å²) in [6, 6.07) is 2.38. The lowest BCUT2D eigenvalue weighted by atomic mass is 9.78. The fourth-order valence-corrected chi connectivity index (χ4v) is 2.58. The minimum absolute atomic E-state index is 0.0232. The molecule has 0 aliphatic carbocycles. The number of carbonyl (C=O) groups excluding carboxylic acids is 1. The Balaban J connectivity index is 2.16. The second-order valence-corrected chi connectivity index (χ2v) is 4.36. The molecular formula is C10H15N3O. The van der Waals surface area contributed by atoms with E-state index >= 15 is 0 Å². The van der Waals surface area contributed by atoms with Crippen LogP contribution in [0.5, 0.6) is 0 Å². The Labute approximate surface area is 83.7 Å². The van der Waals surface area contributed by atoms with Gasteiger partial charge in [-0.15, -0.1) is 0 Å². The number of nitrogens with zero attached hydrogens (tertiary/aromatic N) is 1. The lowest BCUT2D eigenvalue weighted by Crippen LogP contribution is -2.37. The van der Waals surface area contributed by atoms with E-state index in [1.165, 1.54) is 0 Å². The minimum Gasteiger partial charge on any atom is -0.340 e. The van der Waals surface area contributed by atoms with E-state index in [1.54, 1.807) is 0 Å². The van der Waals surface area contributed by atoms with Crippen molar-refractivity contribution < 1.29 is 4.79 Å². The lowest BCUT2D eigenvalue weighted by Gasteiger charge is -2.23. The molecule has 0 aromatic rings. The quantitative estimate of drug-likeness (QED) is 0.623. The van der Waals surface area contributed by atoms with Gasteiger partial charge in [-0.2, -0.15) is 5.26 Å². The van der Waals surface area contributed by atoms with Crippen molar-refractivity contribution in [3.8, 4) is 6.07 Å². The van der Waals surface area contributed by atoms with Gasteiger partial charge >= 0.3 is 0 Å². The first-order chi connectivity index (χ1) is 6.70. The van der Waals surface area contributed by atoms with Gasteiger partial charge in [0.2, 0.25) is 5.91 Å². The fourth-order valence-electron chi connectivity index (χ4n) is 2.58. The van der Waals surface area contributed by atoms with Gasteiger partial charge in [0, 0.05) is 24.4 Å². The number of hydrogen-bond acceptors (Lipinski definition) is 3. The molecule has 76 valence electrons. The molecule has 14 heavy (non-hydrogen) atoms.